The van der Waals surface area contributed by atoms with Crippen LogP contribution in [0.2, 0.25) is 5.02 Å². The summed E-state index contributed by atoms with van der Waals surface area (Å²) < 4.78 is 19.0. The molecule has 152 valence electrons. The van der Waals surface area contributed by atoms with E-state index in [1.54, 1.807) is 0 Å². The number of hydrogen-bond acceptors (Lipinski definition) is 4. The van der Waals surface area contributed by atoms with Crippen molar-refractivity contribution in [3.8, 4) is 0 Å². The zero-order valence-corrected chi connectivity index (χ0v) is 16.7. The van der Waals surface area contributed by atoms with Gasteiger partial charge in [0, 0.05) is 23.7 Å². The van der Waals surface area contributed by atoms with Crippen molar-refractivity contribution in [1.82, 2.24) is 0 Å². The topological polar surface area (TPSA) is 75.7 Å². The highest BCUT2D eigenvalue weighted by Crippen LogP contribution is 2.26. The first-order valence-corrected chi connectivity index (χ1v) is 9.46. The minimum atomic E-state index is -1.15. The van der Waals surface area contributed by atoms with Gasteiger partial charge in [0.2, 0.25) is 5.91 Å². The molecule has 0 spiro atoms. The number of hydrogen-bond donors (Lipinski definition) is 1. The van der Waals surface area contributed by atoms with Crippen LogP contribution in [-0.2, 0) is 19.1 Å². The van der Waals surface area contributed by atoms with Crippen molar-refractivity contribution >= 4 is 40.8 Å². The van der Waals surface area contributed by atoms with Crippen LogP contribution in [-0.4, -0.2) is 30.4 Å². The molecule has 2 aromatic rings. The number of anilines is 2. The first kappa shape index (κ1) is 20.8. The van der Waals surface area contributed by atoms with Crippen molar-refractivity contribution in [2.24, 2.45) is 5.92 Å². The Hall–Kier alpha value is -2.93. The molecule has 0 aliphatic carbocycles. The van der Waals surface area contributed by atoms with Crippen LogP contribution in [0, 0.1) is 18.7 Å². The van der Waals surface area contributed by atoms with Crippen LogP contribution in [0.4, 0.5) is 15.8 Å². The van der Waals surface area contributed by atoms with Crippen molar-refractivity contribution < 1.29 is 23.5 Å². The van der Waals surface area contributed by atoms with E-state index in [4.69, 9.17) is 16.3 Å². The predicted octanol–water partition coefficient (Wildman–Crippen LogP) is 3.71. The maximum absolute atomic E-state index is 13.8. The van der Waals surface area contributed by atoms with Crippen LogP contribution in [0.15, 0.2) is 42.5 Å². The summed E-state index contributed by atoms with van der Waals surface area (Å²) in [6.07, 6.45) is -1.14. The highest BCUT2D eigenvalue weighted by Gasteiger charge is 2.37. The average Bonchev–Trinajstić information content (AvgIpc) is 3.06. The molecule has 1 fully saturated rings. The molecule has 29 heavy (non-hydrogen) atoms. The molecule has 2 amide bonds. The van der Waals surface area contributed by atoms with E-state index in [0.717, 1.165) is 11.6 Å². The van der Waals surface area contributed by atoms with Crippen LogP contribution in [0.25, 0.3) is 0 Å². The average molecular weight is 419 g/mol. The highest BCUT2D eigenvalue weighted by atomic mass is 35.5. The molecule has 1 saturated heterocycles. The number of esters is 1. The molecule has 1 aliphatic heterocycles. The summed E-state index contributed by atoms with van der Waals surface area (Å²) in [6.45, 7) is 3.51. The van der Waals surface area contributed by atoms with E-state index in [1.165, 1.54) is 24.0 Å². The summed E-state index contributed by atoms with van der Waals surface area (Å²) in [5.74, 6) is -2.88. The van der Waals surface area contributed by atoms with Gasteiger partial charge in [-0.1, -0.05) is 29.3 Å². The molecular formula is C21H20ClFN2O4. The fourth-order valence-electron chi connectivity index (χ4n) is 2.99. The van der Waals surface area contributed by atoms with Crippen LogP contribution in [0.1, 0.15) is 18.9 Å². The van der Waals surface area contributed by atoms with Crippen molar-refractivity contribution in [3.05, 3.63) is 58.9 Å². The van der Waals surface area contributed by atoms with Crippen LogP contribution in [0.3, 0.4) is 0 Å². The third-order valence-electron chi connectivity index (χ3n) is 4.66. The first-order chi connectivity index (χ1) is 13.7. The number of benzene rings is 2. The first-order valence-electron chi connectivity index (χ1n) is 9.08. The Morgan fingerprint density at radius 1 is 1.24 bits per heavy atom. The summed E-state index contributed by atoms with van der Waals surface area (Å²) in [6, 6.07) is 11.2. The van der Waals surface area contributed by atoms with Gasteiger partial charge < -0.3 is 15.0 Å². The second-order valence-electron chi connectivity index (χ2n) is 6.93. The van der Waals surface area contributed by atoms with Crippen LogP contribution in [0.5, 0.6) is 0 Å². The van der Waals surface area contributed by atoms with E-state index >= 15 is 0 Å². The largest absolute Gasteiger partial charge is 0.452 e. The number of ether oxygens (including phenoxy) is 1. The zero-order valence-electron chi connectivity index (χ0n) is 15.9. The molecule has 0 saturated carbocycles. The number of nitrogens with zero attached hydrogens (tertiary/aromatic N) is 1. The van der Waals surface area contributed by atoms with Gasteiger partial charge in [-0.2, -0.15) is 0 Å². The Morgan fingerprint density at radius 3 is 2.59 bits per heavy atom. The van der Waals surface area contributed by atoms with E-state index in [9.17, 15) is 18.8 Å². The molecule has 2 aromatic carbocycles. The van der Waals surface area contributed by atoms with Gasteiger partial charge in [-0.15, -0.1) is 0 Å². The number of carbonyl (C=O) groups excluding carboxylic acids is 3. The molecule has 8 heteroatoms. The lowest BCUT2D eigenvalue weighted by molar-refractivity contribution is -0.157. The Balaban J connectivity index is 1.58. The standard InChI is InChI=1S/C21H20ClFN2O4/c1-12-3-6-16(7-4-12)25-11-14(9-19(25)26)21(28)29-13(2)20(27)24-18-8-5-15(22)10-17(18)23/h3-8,10,13-14H,9,11H2,1-2H3,(H,24,27)/t13-,14-/m1/s1. The number of carbonyl (C=O) groups is 3. The highest BCUT2D eigenvalue weighted by molar-refractivity contribution is 6.30. The summed E-state index contributed by atoms with van der Waals surface area (Å²) in [5.41, 5.74) is 1.71. The lowest BCUT2D eigenvalue weighted by atomic mass is 10.1. The molecule has 0 bridgehead atoms. The summed E-state index contributed by atoms with van der Waals surface area (Å²) in [7, 11) is 0. The van der Waals surface area contributed by atoms with Crippen molar-refractivity contribution in [3.63, 3.8) is 0 Å². The molecule has 0 radical (unpaired) electrons. The van der Waals surface area contributed by atoms with Gasteiger partial charge in [0.15, 0.2) is 6.10 Å². The molecule has 1 heterocycles. The maximum Gasteiger partial charge on any atom is 0.312 e. The number of amides is 2. The fraction of sp³-hybridized carbons (Fsp3) is 0.286. The molecular weight excluding hydrogens is 399 g/mol. The van der Waals surface area contributed by atoms with Gasteiger partial charge >= 0.3 is 5.97 Å². The minimum absolute atomic E-state index is 0.00681. The Bertz CT molecular complexity index is 948. The molecule has 0 unspecified atom stereocenters. The molecule has 3 rings (SSSR count). The van der Waals surface area contributed by atoms with Gasteiger partial charge in [-0.25, -0.2) is 4.39 Å². The zero-order chi connectivity index (χ0) is 21.1. The van der Waals surface area contributed by atoms with E-state index in [0.29, 0.717) is 5.69 Å². The lowest BCUT2D eigenvalue weighted by Crippen LogP contribution is -2.33. The third-order valence-corrected chi connectivity index (χ3v) is 4.89. The SMILES string of the molecule is Cc1ccc(N2C[C@H](C(=O)O[C@H](C)C(=O)Nc3ccc(Cl)cc3F)CC2=O)cc1. The quantitative estimate of drug-likeness (QED) is 0.751. The number of aryl methyl sites for hydroxylation is 1. The van der Waals surface area contributed by atoms with E-state index in [2.05, 4.69) is 5.32 Å². The normalized spacial score (nSPS) is 17.2. The summed E-state index contributed by atoms with van der Waals surface area (Å²) >= 11 is 5.68. The van der Waals surface area contributed by atoms with E-state index in [-0.39, 0.29) is 29.6 Å². The van der Waals surface area contributed by atoms with Crippen molar-refractivity contribution in [2.75, 3.05) is 16.8 Å². The molecule has 1 aliphatic rings. The molecule has 1 N–H and O–H groups in total. The molecule has 0 aromatic heterocycles. The van der Waals surface area contributed by atoms with Crippen LogP contribution >= 0.6 is 11.6 Å². The Labute approximate surface area is 172 Å². The maximum atomic E-state index is 13.8. The van der Waals surface area contributed by atoms with Gasteiger partial charge in [-0.05, 0) is 44.2 Å². The Morgan fingerprint density at radius 2 is 1.93 bits per heavy atom. The van der Waals surface area contributed by atoms with Crippen LogP contribution < -0.4 is 10.2 Å². The van der Waals surface area contributed by atoms with Gasteiger partial charge in [0.1, 0.15) is 5.82 Å². The second kappa shape index (κ2) is 8.61. The minimum Gasteiger partial charge on any atom is -0.452 e. The third kappa shape index (κ3) is 4.92. The van der Waals surface area contributed by atoms with Gasteiger partial charge in [-0.3, -0.25) is 14.4 Å². The fourth-order valence-corrected chi connectivity index (χ4v) is 3.15. The predicted molar refractivity (Wildman–Crippen MR) is 107 cm³/mol. The Kier molecular flexibility index (Phi) is 6.17. The second-order valence-corrected chi connectivity index (χ2v) is 7.37. The van der Waals surface area contributed by atoms with Crippen molar-refractivity contribution in [1.29, 1.82) is 0 Å². The van der Waals surface area contributed by atoms with E-state index in [1.807, 2.05) is 31.2 Å². The summed E-state index contributed by atoms with van der Waals surface area (Å²) in [4.78, 5) is 38.5. The smallest absolute Gasteiger partial charge is 0.312 e. The monoisotopic (exact) mass is 418 g/mol. The number of halogens is 2. The van der Waals surface area contributed by atoms with E-state index < -0.39 is 29.7 Å². The molecule has 6 nitrogen and oxygen atoms in total. The lowest BCUT2D eigenvalue weighted by Gasteiger charge is -2.18. The number of nitrogens with one attached hydrogen (secondary N) is 1. The number of rotatable bonds is 5. The molecule has 2 atom stereocenters. The van der Waals surface area contributed by atoms with Gasteiger partial charge in [0.05, 0.1) is 11.6 Å². The van der Waals surface area contributed by atoms with Crippen molar-refractivity contribution in [2.45, 2.75) is 26.4 Å². The van der Waals surface area contributed by atoms with Gasteiger partial charge in [0.25, 0.3) is 5.91 Å². The summed E-state index contributed by atoms with van der Waals surface area (Å²) in [5, 5.41) is 2.55.